The molecule has 164 valence electrons. The maximum atomic E-state index is 12.8. The molecule has 1 saturated heterocycles. The lowest BCUT2D eigenvalue weighted by Crippen LogP contribution is -2.41. The molecule has 4 rings (SSSR count). The number of aromatic nitrogens is 3. The number of hydrogen-bond acceptors (Lipinski definition) is 8. The van der Waals surface area contributed by atoms with Gasteiger partial charge in [0.1, 0.15) is 16.9 Å². The number of anilines is 1. The van der Waals surface area contributed by atoms with Gasteiger partial charge in [-0.2, -0.15) is 0 Å². The molecular weight excluding hydrogens is 402 g/mol. The van der Waals surface area contributed by atoms with Gasteiger partial charge < -0.3 is 14.9 Å². The predicted molar refractivity (Wildman–Crippen MR) is 114 cm³/mol. The van der Waals surface area contributed by atoms with Gasteiger partial charge in [0.15, 0.2) is 17.3 Å². The van der Waals surface area contributed by atoms with Crippen LogP contribution >= 0.6 is 0 Å². The quantitative estimate of drug-likeness (QED) is 0.532. The molecule has 0 bridgehead atoms. The van der Waals surface area contributed by atoms with Crippen LogP contribution in [0.2, 0.25) is 0 Å². The van der Waals surface area contributed by atoms with Crippen molar-refractivity contribution in [1.82, 2.24) is 19.4 Å². The van der Waals surface area contributed by atoms with Gasteiger partial charge in [-0.05, 0) is 38.1 Å². The SMILES string of the molecule is COCCn1c(N)c(C(=O)CN2CCC(c3nc4ccccc4o3)CC2)c(=O)[nH]c1=O. The Labute approximate surface area is 177 Å². The van der Waals surface area contributed by atoms with E-state index in [-0.39, 0.29) is 37.0 Å². The molecule has 10 heteroatoms. The lowest BCUT2D eigenvalue weighted by atomic mass is 9.96. The number of nitrogens with two attached hydrogens (primary N) is 1. The van der Waals surface area contributed by atoms with Gasteiger partial charge in [-0.1, -0.05) is 12.1 Å². The van der Waals surface area contributed by atoms with E-state index in [0.29, 0.717) is 13.1 Å². The highest BCUT2D eigenvalue weighted by Gasteiger charge is 2.27. The van der Waals surface area contributed by atoms with E-state index in [1.807, 2.05) is 29.2 Å². The van der Waals surface area contributed by atoms with Crippen molar-refractivity contribution >= 4 is 22.7 Å². The molecular formula is C21H25N5O5. The molecule has 0 radical (unpaired) electrons. The Kier molecular flexibility index (Phi) is 6.01. The molecule has 0 aliphatic carbocycles. The molecule has 3 heterocycles. The van der Waals surface area contributed by atoms with E-state index in [1.54, 1.807) is 0 Å². The first-order chi connectivity index (χ1) is 15.0. The minimum atomic E-state index is -0.762. The van der Waals surface area contributed by atoms with Gasteiger partial charge in [0.2, 0.25) is 0 Å². The number of oxazole rings is 1. The van der Waals surface area contributed by atoms with Crippen LogP contribution in [0.25, 0.3) is 11.1 Å². The number of fused-ring (bicyclic) bond motifs is 1. The average molecular weight is 427 g/mol. The summed E-state index contributed by atoms with van der Waals surface area (Å²) in [5, 5.41) is 0. The van der Waals surface area contributed by atoms with Crippen LogP contribution in [-0.4, -0.2) is 58.6 Å². The van der Waals surface area contributed by atoms with E-state index in [2.05, 4.69) is 9.97 Å². The monoisotopic (exact) mass is 427 g/mol. The molecule has 0 amide bonds. The maximum absolute atomic E-state index is 12.8. The number of nitrogens with zero attached hydrogens (tertiary/aromatic N) is 3. The highest BCUT2D eigenvalue weighted by atomic mass is 16.5. The van der Waals surface area contributed by atoms with Gasteiger partial charge in [-0.15, -0.1) is 0 Å². The fourth-order valence-electron chi connectivity index (χ4n) is 3.95. The van der Waals surface area contributed by atoms with E-state index < -0.39 is 17.0 Å². The second-order valence-corrected chi connectivity index (χ2v) is 7.66. The van der Waals surface area contributed by atoms with Crippen molar-refractivity contribution in [3.8, 4) is 0 Å². The van der Waals surface area contributed by atoms with Crippen molar-refractivity contribution in [1.29, 1.82) is 0 Å². The number of rotatable bonds is 7. The average Bonchev–Trinajstić information content (AvgIpc) is 3.18. The Balaban J connectivity index is 1.43. The molecule has 3 aromatic rings. The smallest absolute Gasteiger partial charge is 0.330 e. The highest BCUT2D eigenvalue weighted by molar-refractivity contribution is 6.01. The van der Waals surface area contributed by atoms with Crippen molar-refractivity contribution in [3.05, 3.63) is 56.6 Å². The van der Waals surface area contributed by atoms with E-state index >= 15 is 0 Å². The van der Waals surface area contributed by atoms with Gasteiger partial charge in [-0.3, -0.25) is 24.0 Å². The van der Waals surface area contributed by atoms with Crippen LogP contribution in [0.15, 0.2) is 38.3 Å². The number of hydrogen-bond donors (Lipinski definition) is 2. The highest BCUT2D eigenvalue weighted by Crippen LogP contribution is 2.29. The van der Waals surface area contributed by atoms with E-state index in [1.165, 1.54) is 7.11 Å². The van der Waals surface area contributed by atoms with Crippen LogP contribution in [0.4, 0.5) is 5.82 Å². The Bertz CT molecular complexity index is 1170. The number of para-hydroxylation sites is 2. The number of likely N-dealkylation sites (tertiary alicyclic amines) is 1. The second kappa shape index (κ2) is 8.86. The molecule has 2 aromatic heterocycles. The number of piperidine rings is 1. The molecule has 0 spiro atoms. The Hall–Kier alpha value is -3.24. The van der Waals surface area contributed by atoms with Crippen molar-refractivity contribution in [3.63, 3.8) is 0 Å². The van der Waals surface area contributed by atoms with Crippen molar-refractivity contribution in [2.75, 3.05) is 39.1 Å². The molecule has 0 atom stereocenters. The summed E-state index contributed by atoms with van der Waals surface area (Å²) in [7, 11) is 1.49. The third-order valence-electron chi connectivity index (χ3n) is 5.65. The number of carbonyl (C=O) groups excluding carboxylic acids is 1. The zero-order valence-corrected chi connectivity index (χ0v) is 17.3. The molecule has 3 N–H and O–H groups in total. The number of nitrogens with one attached hydrogen (secondary N) is 1. The van der Waals surface area contributed by atoms with Crippen LogP contribution in [0, 0.1) is 0 Å². The zero-order chi connectivity index (χ0) is 22.0. The molecule has 1 aliphatic heterocycles. The number of carbonyl (C=O) groups is 1. The summed E-state index contributed by atoms with van der Waals surface area (Å²) in [5.41, 5.74) is 6.00. The number of ketones is 1. The first-order valence-electron chi connectivity index (χ1n) is 10.2. The molecule has 1 aliphatic rings. The van der Waals surface area contributed by atoms with Crippen LogP contribution in [-0.2, 0) is 11.3 Å². The summed E-state index contributed by atoms with van der Waals surface area (Å²) >= 11 is 0. The molecule has 31 heavy (non-hydrogen) atoms. The summed E-state index contributed by atoms with van der Waals surface area (Å²) in [4.78, 5) is 45.8. The minimum Gasteiger partial charge on any atom is -0.440 e. The lowest BCUT2D eigenvalue weighted by Gasteiger charge is -2.29. The normalized spacial score (nSPS) is 15.5. The predicted octanol–water partition coefficient (Wildman–Crippen LogP) is 0.969. The van der Waals surface area contributed by atoms with Gasteiger partial charge in [0.05, 0.1) is 19.7 Å². The first-order valence-corrected chi connectivity index (χ1v) is 10.2. The van der Waals surface area contributed by atoms with Crippen LogP contribution in [0.3, 0.4) is 0 Å². The van der Waals surface area contributed by atoms with Gasteiger partial charge >= 0.3 is 5.69 Å². The number of Topliss-reactive ketones (excluding diaryl/α,β-unsaturated/α-hetero) is 1. The molecule has 1 fully saturated rings. The topological polar surface area (TPSA) is 136 Å². The van der Waals surface area contributed by atoms with Crippen LogP contribution in [0.5, 0.6) is 0 Å². The molecule has 1 aromatic carbocycles. The number of nitrogen functional groups attached to an aromatic ring is 1. The van der Waals surface area contributed by atoms with Crippen LogP contribution in [0.1, 0.15) is 35.0 Å². The standard InChI is InChI=1S/C21H25N5O5/c1-30-11-10-26-18(22)17(19(28)24-21(26)29)15(27)12-25-8-6-13(7-9-25)20-23-14-4-2-3-5-16(14)31-20/h2-5,13H,6-12,22H2,1H3,(H,24,28,29). The Morgan fingerprint density at radius 3 is 2.74 bits per heavy atom. The summed E-state index contributed by atoms with van der Waals surface area (Å²) in [6.45, 7) is 1.75. The Morgan fingerprint density at radius 1 is 1.29 bits per heavy atom. The number of benzene rings is 1. The third kappa shape index (κ3) is 4.30. The second-order valence-electron chi connectivity index (χ2n) is 7.66. The van der Waals surface area contributed by atoms with Crippen LogP contribution < -0.4 is 17.0 Å². The summed E-state index contributed by atoms with van der Waals surface area (Å²) in [6, 6.07) is 7.66. The van der Waals surface area contributed by atoms with E-state index in [9.17, 15) is 14.4 Å². The van der Waals surface area contributed by atoms with Gasteiger partial charge in [0.25, 0.3) is 5.56 Å². The molecule has 10 nitrogen and oxygen atoms in total. The first kappa shape index (κ1) is 21.0. The Morgan fingerprint density at radius 2 is 2.03 bits per heavy atom. The number of H-pyrrole nitrogens is 1. The summed E-state index contributed by atoms with van der Waals surface area (Å²) in [5.74, 6) is 0.364. The molecule has 0 unspecified atom stereocenters. The number of ether oxygens (including phenoxy) is 1. The number of methoxy groups -OCH3 is 1. The summed E-state index contributed by atoms with van der Waals surface area (Å²) < 4.78 is 12.0. The van der Waals surface area contributed by atoms with Crippen molar-refractivity contribution in [2.24, 2.45) is 0 Å². The zero-order valence-electron chi connectivity index (χ0n) is 17.3. The van der Waals surface area contributed by atoms with Gasteiger partial charge in [0, 0.05) is 13.0 Å². The van der Waals surface area contributed by atoms with E-state index in [0.717, 1.165) is 34.4 Å². The summed E-state index contributed by atoms with van der Waals surface area (Å²) in [6.07, 6.45) is 1.58. The van der Waals surface area contributed by atoms with Crippen molar-refractivity contribution < 1.29 is 13.9 Å². The fraction of sp³-hybridized carbons (Fsp3) is 0.429. The minimum absolute atomic E-state index is 0.0516. The van der Waals surface area contributed by atoms with E-state index in [4.69, 9.17) is 14.9 Å². The lowest BCUT2D eigenvalue weighted by molar-refractivity contribution is 0.0904. The maximum Gasteiger partial charge on any atom is 0.330 e. The largest absolute Gasteiger partial charge is 0.440 e. The number of aromatic amines is 1. The van der Waals surface area contributed by atoms with Crippen molar-refractivity contribution in [2.45, 2.75) is 25.3 Å². The fourth-order valence-corrected chi connectivity index (χ4v) is 3.95. The molecule has 0 saturated carbocycles. The van der Waals surface area contributed by atoms with Gasteiger partial charge in [-0.25, -0.2) is 9.78 Å². The third-order valence-corrected chi connectivity index (χ3v) is 5.65.